The van der Waals surface area contributed by atoms with Crippen LogP contribution >= 0.6 is 0 Å². The van der Waals surface area contributed by atoms with Crippen molar-refractivity contribution < 1.29 is 0 Å². The average Bonchev–Trinajstić information content (AvgIpc) is 1.87. The Morgan fingerprint density at radius 3 is 2.00 bits per heavy atom. The number of rotatable bonds is 3. The molecule has 0 unspecified atom stereocenters. The van der Waals surface area contributed by atoms with Crippen LogP contribution in [0, 0.1) is 6.92 Å². The van der Waals surface area contributed by atoms with Crippen LogP contribution in [-0.4, -0.2) is 0 Å². The Morgan fingerprint density at radius 1 is 1.18 bits per heavy atom. The standard InChI is InChI=1S/C11H15/c1-6-11(10(4)5)8-7-9(2)3/h6-8H,1-2,4H2,3,5H3/b9-7+,11-8+. The summed E-state index contributed by atoms with van der Waals surface area (Å²) in [4.78, 5) is 0. The molecule has 59 valence electrons. The van der Waals surface area contributed by atoms with Crippen LogP contribution in [0.25, 0.3) is 0 Å². The van der Waals surface area contributed by atoms with Gasteiger partial charge in [-0.15, -0.1) is 0 Å². The minimum absolute atomic E-state index is 1.03. The monoisotopic (exact) mass is 147 g/mol. The van der Waals surface area contributed by atoms with Gasteiger partial charge >= 0.3 is 0 Å². The zero-order chi connectivity index (χ0) is 8.85. The largest absolute Gasteiger partial charge is 0.0985 e. The molecule has 0 N–H and O–H groups in total. The number of hydrogen-bond donors (Lipinski definition) is 0. The second-order valence-corrected chi connectivity index (χ2v) is 2.62. The maximum absolute atomic E-state index is 3.82. The smallest absolute Gasteiger partial charge is 0.0239 e. The second kappa shape index (κ2) is 4.73. The van der Waals surface area contributed by atoms with Crippen molar-refractivity contribution in [3.8, 4) is 0 Å². The summed E-state index contributed by atoms with van der Waals surface area (Å²) in [5.41, 5.74) is 3.12. The van der Waals surface area contributed by atoms with Crippen LogP contribution in [0.5, 0.6) is 0 Å². The van der Waals surface area contributed by atoms with E-state index in [4.69, 9.17) is 0 Å². The van der Waals surface area contributed by atoms with Gasteiger partial charge in [0, 0.05) is 0 Å². The topological polar surface area (TPSA) is 0 Å². The highest BCUT2D eigenvalue weighted by atomic mass is 13.9. The van der Waals surface area contributed by atoms with Crippen molar-refractivity contribution in [2.24, 2.45) is 0 Å². The lowest BCUT2D eigenvalue weighted by molar-refractivity contribution is 1.44. The van der Waals surface area contributed by atoms with Crippen LogP contribution in [0.3, 0.4) is 0 Å². The maximum atomic E-state index is 3.82. The Bertz CT molecular complexity index is 210. The molecule has 0 saturated carbocycles. The molecule has 0 saturated heterocycles. The van der Waals surface area contributed by atoms with Crippen molar-refractivity contribution in [2.45, 2.75) is 13.8 Å². The predicted molar refractivity (Wildman–Crippen MR) is 52.2 cm³/mol. The van der Waals surface area contributed by atoms with Gasteiger partial charge in [0.1, 0.15) is 0 Å². The molecule has 0 aromatic carbocycles. The molecule has 1 radical (unpaired) electrons. The second-order valence-electron chi connectivity index (χ2n) is 2.62. The first kappa shape index (κ1) is 9.96. The van der Waals surface area contributed by atoms with Crippen LogP contribution in [0.1, 0.15) is 13.8 Å². The molecule has 0 aromatic rings. The fraction of sp³-hybridized carbons (Fsp3) is 0.182. The summed E-state index contributed by atoms with van der Waals surface area (Å²) in [7, 11) is 0. The van der Waals surface area contributed by atoms with E-state index in [2.05, 4.69) is 20.1 Å². The summed E-state index contributed by atoms with van der Waals surface area (Å²) in [5.74, 6) is 0. The van der Waals surface area contributed by atoms with Gasteiger partial charge in [0.2, 0.25) is 0 Å². The summed E-state index contributed by atoms with van der Waals surface area (Å²) >= 11 is 0. The maximum Gasteiger partial charge on any atom is -0.0239 e. The van der Waals surface area contributed by atoms with Crippen molar-refractivity contribution in [2.75, 3.05) is 0 Å². The first-order valence-electron chi connectivity index (χ1n) is 3.56. The Labute approximate surface area is 69.6 Å². The molecule has 0 aromatic heterocycles. The molecule has 0 heteroatoms. The molecular weight excluding hydrogens is 132 g/mol. The minimum Gasteiger partial charge on any atom is -0.0985 e. The summed E-state index contributed by atoms with van der Waals surface area (Å²) in [6.45, 7) is 15.2. The molecule has 0 aliphatic carbocycles. The normalized spacial score (nSPS) is 13.0. The van der Waals surface area contributed by atoms with E-state index >= 15 is 0 Å². The summed E-state index contributed by atoms with van der Waals surface area (Å²) in [5, 5.41) is 0. The Kier molecular flexibility index (Phi) is 4.28. The van der Waals surface area contributed by atoms with Crippen LogP contribution in [0.4, 0.5) is 0 Å². The van der Waals surface area contributed by atoms with Gasteiger partial charge in [0.15, 0.2) is 0 Å². The molecule has 0 rings (SSSR count). The van der Waals surface area contributed by atoms with E-state index < -0.39 is 0 Å². The van der Waals surface area contributed by atoms with Gasteiger partial charge in [0.05, 0.1) is 0 Å². The van der Waals surface area contributed by atoms with E-state index in [-0.39, 0.29) is 0 Å². The minimum atomic E-state index is 1.03. The van der Waals surface area contributed by atoms with E-state index in [1.807, 2.05) is 26.0 Å². The molecule has 0 spiro atoms. The van der Waals surface area contributed by atoms with E-state index in [0.717, 1.165) is 16.7 Å². The highest BCUT2D eigenvalue weighted by Gasteiger charge is 1.87. The molecule has 0 aliphatic rings. The highest BCUT2D eigenvalue weighted by Crippen LogP contribution is 2.07. The molecule has 0 amide bonds. The quantitative estimate of drug-likeness (QED) is 0.536. The van der Waals surface area contributed by atoms with Crippen LogP contribution in [0.15, 0.2) is 48.1 Å². The lowest BCUT2D eigenvalue weighted by atomic mass is 10.1. The van der Waals surface area contributed by atoms with Crippen molar-refractivity contribution in [3.05, 3.63) is 55.0 Å². The van der Waals surface area contributed by atoms with Crippen molar-refractivity contribution in [1.82, 2.24) is 0 Å². The van der Waals surface area contributed by atoms with E-state index in [1.54, 1.807) is 6.08 Å². The van der Waals surface area contributed by atoms with Crippen LogP contribution in [-0.2, 0) is 0 Å². The molecule has 0 heterocycles. The Hall–Kier alpha value is -1.04. The van der Waals surface area contributed by atoms with E-state index in [1.165, 1.54) is 0 Å². The molecule has 11 heavy (non-hydrogen) atoms. The zero-order valence-electron chi connectivity index (χ0n) is 7.35. The summed E-state index contributed by atoms with van der Waals surface area (Å²) in [6.07, 6.45) is 5.71. The SMILES string of the molecule is [CH2]/C(C)=C\C=C(/C=C)C(=C)C. The molecular formula is C11H15. The van der Waals surface area contributed by atoms with Crippen molar-refractivity contribution in [1.29, 1.82) is 0 Å². The van der Waals surface area contributed by atoms with Gasteiger partial charge < -0.3 is 0 Å². The number of allylic oxidation sites excluding steroid dienone is 6. The molecule has 0 atom stereocenters. The Morgan fingerprint density at radius 2 is 1.73 bits per heavy atom. The van der Waals surface area contributed by atoms with Gasteiger partial charge in [-0.2, -0.15) is 0 Å². The van der Waals surface area contributed by atoms with Gasteiger partial charge in [-0.25, -0.2) is 0 Å². The van der Waals surface area contributed by atoms with Crippen LogP contribution < -0.4 is 0 Å². The third kappa shape index (κ3) is 4.38. The number of hydrogen-bond acceptors (Lipinski definition) is 0. The van der Waals surface area contributed by atoms with Crippen molar-refractivity contribution >= 4 is 0 Å². The van der Waals surface area contributed by atoms with Gasteiger partial charge in [-0.05, 0) is 26.3 Å². The molecule has 0 aliphatic heterocycles. The third-order valence-corrected chi connectivity index (χ3v) is 1.26. The summed E-state index contributed by atoms with van der Waals surface area (Å²) in [6, 6.07) is 0. The third-order valence-electron chi connectivity index (χ3n) is 1.26. The summed E-state index contributed by atoms with van der Waals surface area (Å²) < 4.78 is 0. The Balaban J connectivity index is 4.50. The average molecular weight is 147 g/mol. The van der Waals surface area contributed by atoms with Gasteiger partial charge in [-0.1, -0.05) is 42.5 Å². The molecule has 0 fully saturated rings. The molecule has 0 bridgehead atoms. The van der Waals surface area contributed by atoms with Gasteiger partial charge in [0.25, 0.3) is 0 Å². The fourth-order valence-electron chi connectivity index (χ4n) is 0.617. The van der Waals surface area contributed by atoms with Crippen LogP contribution in [0.2, 0.25) is 0 Å². The predicted octanol–water partition coefficient (Wildman–Crippen LogP) is 3.46. The molecule has 0 nitrogen and oxygen atoms in total. The van der Waals surface area contributed by atoms with E-state index in [9.17, 15) is 0 Å². The first-order chi connectivity index (χ1) is 5.07. The van der Waals surface area contributed by atoms with Crippen molar-refractivity contribution in [3.63, 3.8) is 0 Å². The highest BCUT2D eigenvalue weighted by molar-refractivity contribution is 5.38. The lowest BCUT2D eigenvalue weighted by Gasteiger charge is -1.96. The lowest BCUT2D eigenvalue weighted by Crippen LogP contribution is -1.76. The zero-order valence-corrected chi connectivity index (χ0v) is 7.35. The first-order valence-corrected chi connectivity index (χ1v) is 3.56. The van der Waals surface area contributed by atoms with Gasteiger partial charge in [-0.3, -0.25) is 0 Å². The fourth-order valence-corrected chi connectivity index (χ4v) is 0.617. The van der Waals surface area contributed by atoms with E-state index in [0.29, 0.717) is 0 Å².